The largest absolute Gasteiger partial charge is 0.497 e. The third-order valence-electron chi connectivity index (χ3n) is 2.58. The van der Waals surface area contributed by atoms with Crippen molar-refractivity contribution in [1.29, 1.82) is 0 Å². The Kier molecular flexibility index (Phi) is 5.62. The molecule has 0 radical (unpaired) electrons. The van der Waals surface area contributed by atoms with Crippen molar-refractivity contribution in [3.05, 3.63) is 23.8 Å². The number of hydrogen-bond donors (Lipinski definition) is 1. The quantitative estimate of drug-likeness (QED) is 0.643. The number of carbonyl (C=O) groups is 1. The first kappa shape index (κ1) is 16.6. The summed E-state index contributed by atoms with van der Waals surface area (Å²) in [6, 6.07) is 4.99. The van der Waals surface area contributed by atoms with Crippen LogP contribution in [0.15, 0.2) is 22.5 Å². The molecular formula is C14H17N3O3S2. The molecule has 0 fully saturated rings. The average Bonchev–Trinajstić information content (AvgIpc) is 2.92. The number of anilines is 1. The number of ether oxygens (including phenoxy) is 2. The van der Waals surface area contributed by atoms with E-state index in [-0.39, 0.29) is 5.91 Å². The number of carbonyl (C=O) groups excluding carboxylic acids is 1. The van der Waals surface area contributed by atoms with Gasteiger partial charge in [0.15, 0.2) is 4.34 Å². The van der Waals surface area contributed by atoms with E-state index in [1.807, 2.05) is 0 Å². The lowest BCUT2D eigenvalue weighted by atomic mass is 10.2. The topological polar surface area (TPSA) is 73.3 Å². The number of hydrogen-bond acceptors (Lipinski definition) is 7. The second kappa shape index (κ2) is 7.46. The van der Waals surface area contributed by atoms with Crippen LogP contribution in [0.2, 0.25) is 0 Å². The Labute approximate surface area is 137 Å². The van der Waals surface area contributed by atoms with Gasteiger partial charge >= 0.3 is 0 Å². The van der Waals surface area contributed by atoms with Gasteiger partial charge in [0.2, 0.25) is 5.13 Å². The molecule has 1 heterocycles. The molecule has 0 bridgehead atoms. The van der Waals surface area contributed by atoms with E-state index in [4.69, 9.17) is 9.47 Å². The van der Waals surface area contributed by atoms with Crippen molar-refractivity contribution in [1.82, 2.24) is 10.2 Å². The highest BCUT2D eigenvalue weighted by molar-refractivity contribution is 8.01. The maximum absolute atomic E-state index is 12.3. The standard InChI is InChI=1S/C14H17N3O3S2/c1-8(2)21-14-17-16-13(22-14)15-12(18)9-5-10(19-3)7-11(6-9)20-4/h5-8H,1-4H3,(H,15,16,18). The SMILES string of the molecule is COc1cc(OC)cc(C(=O)Nc2nnc(SC(C)C)s2)c1. The van der Waals surface area contributed by atoms with Gasteiger partial charge in [0, 0.05) is 16.9 Å². The zero-order chi connectivity index (χ0) is 16.1. The summed E-state index contributed by atoms with van der Waals surface area (Å²) in [7, 11) is 3.08. The summed E-state index contributed by atoms with van der Waals surface area (Å²) in [4.78, 5) is 12.3. The van der Waals surface area contributed by atoms with Crippen molar-refractivity contribution in [3.63, 3.8) is 0 Å². The number of nitrogens with zero attached hydrogens (tertiary/aromatic N) is 2. The Balaban J connectivity index is 2.13. The van der Waals surface area contributed by atoms with Gasteiger partial charge in [-0.1, -0.05) is 36.9 Å². The van der Waals surface area contributed by atoms with Gasteiger partial charge < -0.3 is 9.47 Å². The molecule has 1 aromatic heterocycles. The van der Waals surface area contributed by atoms with E-state index in [0.29, 0.717) is 27.4 Å². The van der Waals surface area contributed by atoms with Crippen LogP contribution in [0.5, 0.6) is 11.5 Å². The molecule has 0 spiro atoms. The molecule has 2 rings (SSSR count). The third-order valence-corrected chi connectivity index (χ3v) is 4.50. The van der Waals surface area contributed by atoms with E-state index < -0.39 is 0 Å². The number of amides is 1. The number of nitrogens with one attached hydrogen (secondary N) is 1. The fourth-order valence-electron chi connectivity index (χ4n) is 1.62. The summed E-state index contributed by atoms with van der Waals surface area (Å²) in [6.45, 7) is 4.15. The van der Waals surface area contributed by atoms with Crippen molar-refractivity contribution < 1.29 is 14.3 Å². The van der Waals surface area contributed by atoms with Crippen LogP contribution >= 0.6 is 23.1 Å². The van der Waals surface area contributed by atoms with Crippen molar-refractivity contribution in [3.8, 4) is 11.5 Å². The predicted octanol–water partition coefficient (Wildman–Crippen LogP) is 3.31. The Morgan fingerprint density at radius 3 is 2.36 bits per heavy atom. The van der Waals surface area contributed by atoms with Crippen molar-refractivity contribution in [2.75, 3.05) is 19.5 Å². The molecule has 0 saturated carbocycles. The normalized spacial score (nSPS) is 10.6. The fraction of sp³-hybridized carbons (Fsp3) is 0.357. The van der Waals surface area contributed by atoms with Crippen LogP contribution in [-0.4, -0.2) is 35.6 Å². The Hall–Kier alpha value is -1.80. The highest BCUT2D eigenvalue weighted by Gasteiger charge is 2.13. The zero-order valence-electron chi connectivity index (χ0n) is 12.7. The number of methoxy groups -OCH3 is 2. The van der Waals surface area contributed by atoms with Crippen molar-refractivity contribution >= 4 is 34.1 Å². The molecule has 2 aromatic rings. The minimum absolute atomic E-state index is 0.283. The van der Waals surface area contributed by atoms with Gasteiger partial charge in [0.05, 0.1) is 14.2 Å². The summed E-state index contributed by atoms with van der Waals surface area (Å²) in [5.41, 5.74) is 0.435. The van der Waals surface area contributed by atoms with Gasteiger partial charge in [0.25, 0.3) is 5.91 Å². The monoisotopic (exact) mass is 339 g/mol. The second-order valence-electron chi connectivity index (χ2n) is 4.60. The fourth-order valence-corrected chi connectivity index (χ4v) is 3.59. The lowest BCUT2D eigenvalue weighted by molar-refractivity contribution is 0.102. The summed E-state index contributed by atoms with van der Waals surface area (Å²) in [5.74, 6) is 0.824. The molecule has 0 atom stereocenters. The van der Waals surface area contributed by atoms with Crippen molar-refractivity contribution in [2.45, 2.75) is 23.4 Å². The van der Waals surface area contributed by atoms with Gasteiger partial charge in [-0.05, 0) is 12.1 Å². The summed E-state index contributed by atoms with van der Waals surface area (Å²) >= 11 is 2.96. The van der Waals surface area contributed by atoms with E-state index in [2.05, 4.69) is 29.4 Å². The minimum Gasteiger partial charge on any atom is -0.497 e. The summed E-state index contributed by atoms with van der Waals surface area (Å²) < 4.78 is 11.1. The van der Waals surface area contributed by atoms with E-state index in [1.165, 1.54) is 25.6 Å². The Bertz CT molecular complexity index is 636. The maximum Gasteiger partial charge on any atom is 0.257 e. The van der Waals surface area contributed by atoms with Crippen LogP contribution in [0, 0.1) is 0 Å². The molecule has 22 heavy (non-hydrogen) atoms. The van der Waals surface area contributed by atoms with Gasteiger partial charge in [-0.15, -0.1) is 10.2 Å². The smallest absolute Gasteiger partial charge is 0.257 e. The third kappa shape index (κ3) is 4.35. The van der Waals surface area contributed by atoms with Crippen LogP contribution in [0.25, 0.3) is 0 Å². The molecule has 0 saturated heterocycles. The van der Waals surface area contributed by atoms with Crippen molar-refractivity contribution in [2.24, 2.45) is 0 Å². The molecule has 8 heteroatoms. The molecule has 6 nitrogen and oxygen atoms in total. The molecular weight excluding hydrogens is 322 g/mol. The zero-order valence-corrected chi connectivity index (χ0v) is 14.4. The second-order valence-corrected chi connectivity index (χ2v) is 7.40. The van der Waals surface area contributed by atoms with Crippen LogP contribution < -0.4 is 14.8 Å². The maximum atomic E-state index is 12.3. The van der Waals surface area contributed by atoms with Gasteiger partial charge in [-0.2, -0.15) is 0 Å². The van der Waals surface area contributed by atoms with Crippen LogP contribution in [0.4, 0.5) is 5.13 Å². The molecule has 0 aliphatic heterocycles. The minimum atomic E-state index is -0.283. The van der Waals surface area contributed by atoms with E-state index in [9.17, 15) is 4.79 Å². The molecule has 118 valence electrons. The van der Waals surface area contributed by atoms with Gasteiger partial charge in [-0.25, -0.2) is 0 Å². The molecule has 1 N–H and O–H groups in total. The highest BCUT2D eigenvalue weighted by atomic mass is 32.2. The van der Waals surface area contributed by atoms with Crippen LogP contribution in [-0.2, 0) is 0 Å². The summed E-state index contributed by atoms with van der Waals surface area (Å²) in [6.07, 6.45) is 0. The molecule has 0 unspecified atom stereocenters. The summed E-state index contributed by atoms with van der Waals surface area (Å²) in [5, 5.41) is 11.6. The lowest BCUT2D eigenvalue weighted by Crippen LogP contribution is -2.12. The van der Waals surface area contributed by atoms with Gasteiger partial charge in [0.1, 0.15) is 11.5 Å². The van der Waals surface area contributed by atoms with Crippen LogP contribution in [0.1, 0.15) is 24.2 Å². The highest BCUT2D eigenvalue weighted by Crippen LogP contribution is 2.29. The Morgan fingerprint density at radius 1 is 1.18 bits per heavy atom. The lowest BCUT2D eigenvalue weighted by Gasteiger charge is -2.07. The van der Waals surface area contributed by atoms with E-state index in [1.54, 1.807) is 30.0 Å². The number of benzene rings is 1. The first-order chi connectivity index (χ1) is 10.5. The van der Waals surface area contributed by atoms with Gasteiger partial charge in [-0.3, -0.25) is 10.1 Å². The number of rotatable bonds is 6. The number of aromatic nitrogens is 2. The van der Waals surface area contributed by atoms with Crippen LogP contribution in [0.3, 0.4) is 0 Å². The molecule has 1 aromatic carbocycles. The number of thioether (sulfide) groups is 1. The molecule has 0 aliphatic rings. The molecule has 1 amide bonds. The first-order valence-electron chi connectivity index (χ1n) is 6.56. The van der Waals surface area contributed by atoms with E-state index >= 15 is 0 Å². The predicted molar refractivity (Wildman–Crippen MR) is 88.4 cm³/mol. The Morgan fingerprint density at radius 2 is 1.82 bits per heavy atom. The molecule has 0 aliphatic carbocycles. The first-order valence-corrected chi connectivity index (χ1v) is 8.26. The van der Waals surface area contributed by atoms with E-state index in [0.717, 1.165) is 4.34 Å². The average molecular weight is 339 g/mol.